The molecule has 4 heteroatoms. The number of hydrogen-bond donors (Lipinski definition) is 0. The summed E-state index contributed by atoms with van der Waals surface area (Å²) >= 11 is 0. The topological polar surface area (TPSA) is 52.6 Å². The third-order valence-corrected chi connectivity index (χ3v) is 1.92. The largest absolute Gasteiger partial charge is 0.483 e. The van der Waals surface area contributed by atoms with Crippen molar-refractivity contribution in [2.75, 3.05) is 0 Å². The van der Waals surface area contributed by atoms with E-state index in [9.17, 15) is 9.59 Å². The zero-order valence-electron chi connectivity index (χ0n) is 9.49. The first-order valence-electron chi connectivity index (χ1n) is 4.84. The molecule has 1 heterocycles. The molecule has 0 radical (unpaired) electrons. The summed E-state index contributed by atoms with van der Waals surface area (Å²) < 4.78 is 10.3. The summed E-state index contributed by atoms with van der Waals surface area (Å²) in [5, 5.41) is 0. The highest BCUT2D eigenvalue weighted by molar-refractivity contribution is 5.96. The number of ether oxygens (including phenoxy) is 2. The molecule has 1 atom stereocenters. The maximum absolute atomic E-state index is 11.7. The molecular weight excluding hydrogens is 196 g/mol. The fraction of sp³-hybridized carbons (Fsp3) is 0.636. The van der Waals surface area contributed by atoms with Crippen molar-refractivity contribution in [1.29, 1.82) is 0 Å². The van der Waals surface area contributed by atoms with Crippen LogP contribution in [0.1, 0.15) is 34.1 Å². The molecule has 1 aliphatic heterocycles. The van der Waals surface area contributed by atoms with Crippen molar-refractivity contribution < 1.29 is 19.1 Å². The van der Waals surface area contributed by atoms with E-state index in [1.165, 1.54) is 12.3 Å². The molecule has 0 N–H and O–H groups in total. The van der Waals surface area contributed by atoms with Gasteiger partial charge in [0.1, 0.15) is 5.60 Å². The van der Waals surface area contributed by atoms with Gasteiger partial charge in [0.2, 0.25) is 5.60 Å². The molecule has 0 aromatic rings. The molecule has 84 valence electrons. The molecule has 1 rings (SSSR count). The third-order valence-electron chi connectivity index (χ3n) is 1.92. The first-order chi connectivity index (χ1) is 6.73. The van der Waals surface area contributed by atoms with Crippen LogP contribution >= 0.6 is 0 Å². The standard InChI is InChI=1S/C11H16O4/c1-10(2,3)15-9(13)11(4)7-8(12)5-6-14-11/h5-6H,7H2,1-4H3/t11-/m1/s1. The fourth-order valence-corrected chi connectivity index (χ4v) is 1.20. The van der Waals surface area contributed by atoms with Gasteiger partial charge in [0, 0.05) is 6.08 Å². The summed E-state index contributed by atoms with van der Waals surface area (Å²) in [6, 6.07) is 0. The first-order valence-corrected chi connectivity index (χ1v) is 4.84. The molecule has 0 aromatic carbocycles. The molecule has 0 spiro atoms. The molecule has 0 aliphatic carbocycles. The van der Waals surface area contributed by atoms with E-state index in [-0.39, 0.29) is 12.2 Å². The lowest BCUT2D eigenvalue weighted by Crippen LogP contribution is -2.45. The zero-order valence-corrected chi connectivity index (χ0v) is 9.49. The minimum absolute atomic E-state index is 0.0262. The van der Waals surface area contributed by atoms with Gasteiger partial charge in [0.15, 0.2) is 5.78 Å². The Balaban J connectivity index is 2.74. The number of esters is 1. The number of allylic oxidation sites excluding steroid dienone is 1. The molecule has 0 saturated carbocycles. The molecule has 0 bridgehead atoms. The molecule has 0 saturated heterocycles. The Morgan fingerprint density at radius 1 is 1.53 bits per heavy atom. The van der Waals surface area contributed by atoms with Crippen LogP contribution in [0.4, 0.5) is 0 Å². The van der Waals surface area contributed by atoms with Crippen LogP contribution in [0.3, 0.4) is 0 Å². The maximum Gasteiger partial charge on any atom is 0.351 e. The van der Waals surface area contributed by atoms with E-state index >= 15 is 0 Å². The van der Waals surface area contributed by atoms with Crippen molar-refractivity contribution in [2.24, 2.45) is 0 Å². The quantitative estimate of drug-likeness (QED) is 0.619. The van der Waals surface area contributed by atoms with Crippen molar-refractivity contribution >= 4 is 11.8 Å². The Kier molecular flexibility index (Phi) is 2.88. The average molecular weight is 212 g/mol. The van der Waals surface area contributed by atoms with Crippen LogP contribution in [0.25, 0.3) is 0 Å². The molecule has 0 aromatic heterocycles. The molecular formula is C11H16O4. The lowest BCUT2D eigenvalue weighted by atomic mass is 9.97. The monoisotopic (exact) mass is 212 g/mol. The lowest BCUT2D eigenvalue weighted by molar-refractivity contribution is -0.178. The average Bonchev–Trinajstić information content (AvgIpc) is 2.00. The molecule has 0 amide bonds. The smallest absolute Gasteiger partial charge is 0.351 e. The predicted octanol–water partition coefficient (Wildman–Crippen LogP) is 1.59. The van der Waals surface area contributed by atoms with E-state index in [1.807, 2.05) is 0 Å². The second-order valence-electron chi connectivity index (χ2n) is 4.80. The number of hydrogen-bond acceptors (Lipinski definition) is 4. The van der Waals surface area contributed by atoms with Crippen molar-refractivity contribution in [3.8, 4) is 0 Å². The number of carbonyl (C=O) groups is 2. The van der Waals surface area contributed by atoms with Gasteiger partial charge in [-0.05, 0) is 27.7 Å². The second-order valence-corrected chi connectivity index (χ2v) is 4.80. The van der Waals surface area contributed by atoms with Crippen LogP contribution in [0.5, 0.6) is 0 Å². The van der Waals surface area contributed by atoms with Crippen molar-refractivity contribution in [3.05, 3.63) is 12.3 Å². The Labute approximate surface area is 89.2 Å². The van der Waals surface area contributed by atoms with Gasteiger partial charge >= 0.3 is 5.97 Å². The number of rotatable bonds is 1. The van der Waals surface area contributed by atoms with Crippen LogP contribution in [-0.4, -0.2) is 23.0 Å². The minimum atomic E-state index is -1.18. The van der Waals surface area contributed by atoms with E-state index in [4.69, 9.17) is 9.47 Å². The van der Waals surface area contributed by atoms with Gasteiger partial charge in [-0.3, -0.25) is 4.79 Å². The second kappa shape index (κ2) is 3.68. The molecule has 4 nitrogen and oxygen atoms in total. The SMILES string of the molecule is CC(C)(C)OC(=O)[C@@]1(C)CC(=O)C=CO1. The first kappa shape index (κ1) is 11.8. The van der Waals surface area contributed by atoms with Crippen LogP contribution in [-0.2, 0) is 19.1 Å². The Hall–Kier alpha value is -1.32. The van der Waals surface area contributed by atoms with Gasteiger partial charge in [-0.15, -0.1) is 0 Å². The third kappa shape index (κ3) is 3.08. The highest BCUT2D eigenvalue weighted by atomic mass is 16.6. The summed E-state index contributed by atoms with van der Waals surface area (Å²) in [6.07, 6.45) is 2.58. The van der Waals surface area contributed by atoms with Crippen LogP contribution in [0, 0.1) is 0 Å². The number of ketones is 1. The zero-order chi connectivity index (χ0) is 11.7. The Morgan fingerprint density at radius 2 is 2.13 bits per heavy atom. The molecule has 1 aliphatic rings. The summed E-state index contributed by atoms with van der Waals surface area (Å²) in [5.74, 6) is -0.637. The summed E-state index contributed by atoms with van der Waals surface area (Å²) in [4.78, 5) is 22.9. The fourth-order valence-electron chi connectivity index (χ4n) is 1.20. The van der Waals surface area contributed by atoms with Crippen LogP contribution in [0.2, 0.25) is 0 Å². The summed E-state index contributed by atoms with van der Waals surface area (Å²) in [7, 11) is 0. The summed E-state index contributed by atoms with van der Waals surface area (Å²) in [6.45, 7) is 6.88. The van der Waals surface area contributed by atoms with E-state index in [0.29, 0.717) is 0 Å². The van der Waals surface area contributed by atoms with Gasteiger partial charge in [0.25, 0.3) is 0 Å². The minimum Gasteiger partial charge on any atom is -0.483 e. The highest BCUT2D eigenvalue weighted by Crippen LogP contribution is 2.24. The van der Waals surface area contributed by atoms with E-state index < -0.39 is 17.2 Å². The van der Waals surface area contributed by atoms with E-state index in [1.54, 1.807) is 27.7 Å². The molecule has 15 heavy (non-hydrogen) atoms. The van der Waals surface area contributed by atoms with Gasteiger partial charge in [0.05, 0.1) is 12.7 Å². The van der Waals surface area contributed by atoms with E-state index in [0.717, 1.165) is 0 Å². The van der Waals surface area contributed by atoms with Gasteiger partial charge in [-0.1, -0.05) is 0 Å². The van der Waals surface area contributed by atoms with Crippen LogP contribution in [0.15, 0.2) is 12.3 Å². The number of carbonyl (C=O) groups excluding carboxylic acids is 2. The highest BCUT2D eigenvalue weighted by Gasteiger charge is 2.41. The Bertz CT molecular complexity index is 311. The maximum atomic E-state index is 11.7. The van der Waals surface area contributed by atoms with Crippen molar-refractivity contribution in [1.82, 2.24) is 0 Å². The molecule has 0 fully saturated rings. The Morgan fingerprint density at radius 3 is 2.60 bits per heavy atom. The van der Waals surface area contributed by atoms with Gasteiger partial charge in [-0.2, -0.15) is 0 Å². The normalized spacial score (nSPS) is 26.0. The molecule has 0 unspecified atom stereocenters. The lowest BCUT2D eigenvalue weighted by Gasteiger charge is -2.31. The summed E-state index contributed by atoms with van der Waals surface area (Å²) in [5.41, 5.74) is -1.76. The van der Waals surface area contributed by atoms with Crippen molar-refractivity contribution in [3.63, 3.8) is 0 Å². The van der Waals surface area contributed by atoms with Gasteiger partial charge < -0.3 is 9.47 Å². The van der Waals surface area contributed by atoms with E-state index in [2.05, 4.69) is 0 Å². The van der Waals surface area contributed by atoms with Crippen LogP contribution < -0.4 is 0 Å². The van der Waals surface area contributed by atoms with Gasteiger partial charge in [-0.25, -0.2) is 4.79 Å². The predicted molar refractivity (Wildman–Crippen MR) is 54.1 cm³/mol. The van der Waals surface area contributed by atoms with Crippen molar-refractivity contribution in [2.45, 2.75) is 45.3 Å².